The van der Waals surface area contributed by atoms with Crippen LogP contribution in [0.5, 0.6) is 5.75 Å². The lowest BCUT2D eigenvalue weighted by Gasteiger charge is -2.26. The smallest absolute Gasteiger partial charge is 0.305 e. The van der Waals surface area contributed by atoms with Gasteiger partial charge in [-0.2, -0.15) is 0 Å². The Balaban J connectivity index is 1.58. The van der Waals surface area contributed by atoms with E-state index < -0.39 is 5.97 Å². The minimum atomic E-state index is -0.994. The summed E-state index contributed by atoms with van der Waals surface area (Å²) in [5.74, 6) is -1.03. The normalized spacial score (nSPS) is 17.9. The minimum absolute atomic E-state index is 0.0237. The Morgan fingerprint density at radius 3 is 2.57 bits per heavy atom. The third kappa shape index (κ3) is 6.66. The summed E-state index contributed by atoms with van der Waals surface area (Å²) in [6, 6.07) is 11.8. The molecule has 1 N–H and O–H groups in total. The summed E-state index contributed by atoms with van der Waals surface area (Å²) in [7, 11) is 0. The molecule has 2 aromatic rings. The average molecular weight is 517 g/mol. The number of rotatable bonds is 9. The number of halogens is 1. The average Bonchev–Trinajstić information content (AvgIpc) is 3.11. The van der Waals surface area contributed by atoms with Gasteiger partial charge in [-0.25, -0.2) is 4.39 Å². The van der Waals surface area contributed by atoms with Crippen LogP contribution >= 0.6 is 24.0 Å². The lowest BCUT2D eigenvalue weighted by molar-refractivity contribution is -0.137. The number of thioether (sulfide) groups is 1. The highest BCUT2D eigenvalue weighted by atomic mass is 32.2. The third-order valence-electron chi connectivity index (χ3n) is 5.67. The molecular formula is C25H25FN2O5S2. The number of morpholine rings is 1. The van der Waals surface area contributed by atoms with E-state index >= 15 is 0 Å². The van der Waals surface area contributed by atoms with Gasteiger partial charge in [0.15, 0.2) is 0 Å². The molecule has 184 valence electrons. The standard InChI is InChI=1S/C25H25FN2O5S2/c26-20-4-1-17(2-5-20)18-3-6-21(33-14-11-27-9-12-32-13-10-27)19(15-18)16-22-24(31)28(25(34)35-22)8-7-23(29)30/h1-6,15-16H,7-14H2,(H,29,30)/b22-16-. The molecule has 2 aliphatic heterocycles. The van der Waals surface area contributed by atoms with Gasteiger partial charge >= 0.3 is 5.97 Å². The van der Waals surface area contributed by atoms with Crippen LogP contribution < -0.4 is 4.74 Å². The number of carbonyl (C=O) groups excluding carboxylic acids is 1. The van der Waals surface area contributed by atoms with E-state index in [9.17, 15) is 14.0 Å². The molecule has 10 heteroatoms. The second kappa shape index (κ2) is 11.8. The van der Waals surface area contributed by atoms with E-state index in [2.05, 4.69) is 4.90 Å². The predicted molar refractivity (Wildman–Crippen MR) is 137 cm³/mol. The van der Waals surface area contributed by atoms with Gasteiger partial charge in [-0.05, 0) is 41.5 Å². The van der Waals surface area contributed by atoms with Crippen molar-refractivity contribution in [3.8, 4) is 16.9 Å². The third-order valence-corrected chi connectivity index (χ3v) is 7.04. The Morgan fingerprint density at radius 2 is 1.86 bits per heavy atom. The second-order valence-electron chi connectivity index (χ2n) is 8.04. The maximum atomic E-state index is 13.4. The van der Waals surface area contributed by atoms with Crippen molar-refractivity contribution in [2.24, 2.45) is 0 Å². The molecule has 0 atom stereocenters. The lowest BCUT2D eigenvalue weighted by Crippen LogP contribution is -2.38. The zero-order valence-corrected chi connectivity index (χ0v) is 20.6. The van der Waals surface area contributed by atoms with Crippen LogP contribution in [0.2, 0.25) is 0 Å². The number of carbonyl (C=O) groups is 2. The number of hydrogen-bond donors (Lipinski definition) is 1. The fourth-order valence-electron chi connectivity index (χ4n) is 3.77. The quantitative estimate of drug-likeness (QED) is 0.398. The maximum Gasteiger partial charge on any atom is 0.305 e. The van der Waals surface area contributed by atoms with Gasteiger partial charge in [-0.15, -0.1) is 0 Å². The SMILES string of the molecule is O=C(O)CCN1C(=O)/C(=C/c2cc(-c3ccc(F)cc3)ccc2OCCN2CCOCC2)SC1=S. The molecule has 0 spiro atoms. The summed E-state index contributed by atoms with van der Waals surface area (Å²) in [4.78, 5) is 27.8. The molecule has 1 amide bonds. The molecule has 2 aliphatic rings. The molecule has 0 bridgehead atoms. The molecule has 2 fully saturated rings. The highest BCUT2D eigenvalue weighted by Gasteiger charge is 2.32. The van der Waals surface area contributed by atoms with Gasteiger partial charge in [0.1, 0.15) is 22.5 Å². The largest absolute Gasteiger partial charge is 0.492 e. The van der Waals surface area contributed by atoms with E-state index in [0.717, 1.165) is 42.5 Å². The first-order chi connectivity index (χ1) is 16.9. The first kappa shape index (κ1) is 25.3. The van der Waals surface area contributed by atoms with Crippen molar-refractivity contribution in [3.05, 3.63) is 58.8 Å². The van der Waals surface area contributed by atoms with Crippen molar-refractivity contribution in [2.75, 3.05) is 46.0 Å². The van der Waals surface area contributed by atoms with E-state index in [-0.39, 0.29) is 24.7 Å². The molecule has 0 radical (unpaired) electrons. The lowest BCUT2D eigenvalue weighted by atomic mass is 10.0. The predicted octanol–water partition coefficient (Wildman–Crippen LogP) is 3.88. The van der Waals surface area contributed by atoms with Gasteiger partial charge in [0, 0.05) is 31.7 Å². The number of hydrogen-bond acceptors (Lipinski definition) is 7. The topological polar surface area (TPSA) is 79.3 Å². The zero-order valence-electron chi connectivity index (χ0n) is 18.9. The van der Waals surface area contributed by atoms with E-state index in [1.54, 1.807) is 18.2 Å². The van der Waals surface area contributed by atoms with Gasteiger partial charge in [-0.1, -0.05) is 42.2 Å². The van der Waals surface area contributed by atoms with Crippen molar-refractivity contribution in [2.45, 2.75) is 6.42 Å². The molecule has 2 heterocycles. The number of thiocarbonyl (C=S) groups is 1. The number of carboxylic acids is 1. The summed E-state index contributed by atoms with van der Waals surface area (Å²) < 4.78 is 25.2. The van der Waals surface area contributed by atoms with Gasteiger partial charge in [-0.3, -0.25) is 19.4 Å². The maximum absolute atomic E-state index is 13.4. The number of ether oxygens (including phenoxy) is 2. The summed E-state index contributed by atoms with van der Waals surface area (Å²) in [5.41, 5.74) is 2.36. The number of amides is 1. The Morgan fingerprint density at radius 1 is 1.14 bits per heavy atom. The summed E-state index contributed by atoms with van der Waals surface area (Å²) in [5, 5.41) is 8.96. The number of nitrogens with zero attached hydrogens (tertiary/aromatic N) is 2. The molecule has 7 nitrogen and oxygen atoms in total. The van der Waals surface area contributed by atoms with Gasteiger partial charge < -0.3 is 14.6 Å². The van der Waals surface area contributed by atoms with Crippen LogP contribution in [0.3, 0.4) is 0 Å². The van der Waals surface area contributed by atoms with Crippen LogP contribution in [0.15, 0.2) is 47.4 Å². The van der Waals surface area contributed by atoms with Crippen molar-refractivity contribution in [3.63, 3.8) is 0 Å². The first-order valence-electron chi connectivity index (χ1n) is 11.2. The molecule has 0 saturated carbocycles. The second-order valence-corrected chi connectivity index (χ2v) is 9.71. The molecule has 2 aromatic carbocycles. The zero-order chi connectivity index (χ0) is 24.8. The molecule has 0 aromatic heterocycles. The number of carboxylic acid groups (broad SMARTS) is 1. The van der Waals surface area contributed by atoms with Crippen molar-refractivity contribution in [1.29, 1.82) is 0 Å². The van der Waals surface area contributed by atoms with Crippen LogP contribution in [0.25, 0.3) is 17.2 Å². The van der Waals surface area contributed by atoms with Gasteiger partial charge in [0.2, 0.25) is 0 Å². The Kier molecular flexibility index (Phi) is 8.50. The molecular weight excluding hydrogens is 491 g/mol. The van der Waals surface area contributed by atoms with Crippen LogP contribution in [-0.4, -0.2) is 77.1 Å². The molecule has 35 heavy (non-hydrogen) atoms. The monoisotopic (exact) mass is 516 g/mol. The highest BCUT2D eigenvalue weighted by molar-refractivity contribution is 8.26. The summed E-state index contributed by atoms with van der Waals surface area (Å²) in [6.07, 6.45) is 1.53. The van der Waals surface area contributed by atoms with Crippen LogP contribution in [-0.2, 0) is 14.3 Å². The van der Waals surface area contributed by atoms with Crippen LogP contribution in [0.1, 0.15) is 12.0 Å². The summed E-state index contributed by atoms with van der Waals surface area (Å²) in [6.45, 7) is 4.38. The Hall–Kier alpha value is -2.79. The number of aliphatic carboxylic acids is 1. The molecule has 2 saturated heterocycles. The molecule has 4 rings (SSSR count). The van der Waals surface area contributed by atoms with Crippen molar-refractivity contribution >= 4 is 46.3 Å². The van der Waals surface area contributed by atoms with Gasteiger partial charge in [0.05, 0.1) is 24.5 Å². The molecule has 0 unspecified atom stereocenters. The Bertz CT molecular complexity index is 1130. The van der Waals surface area contributed by atoms with E-state index in [0.29, 0.717) is 40.4 Å². The summed E-state index contributed by atoms with van der Waals surface area (Å²) >= 11 is 6.44. The highest BCUT2D eigenvalue weighted by Crippen LogP contribution is 2.36. The van der Waals surface area contributed by atoms with Crippen molar-refractivity contribution < 1.29 is 28.6 Å². The minimum Gasteiger partial charge on any atom is -0.492 e. The fourth-order valence-corrected chi connectivity index (χ4v) is 5.06. The van der Waals surface area contributed by atoms with Crippen LogP contribution in [0, 0.1) is 5.82 Å². The fraction of sp³-hybridized carbons (Fsp3) is 0.320. The van der Waals surface area contributed by atoms with Crippen molar-refractivity contribution in [1.82, 2.24) is 9.80 Å². The van der Waals surface area contributed by atoms with E-state index in [1.165, 1.54) is 17.0 Å². The van der Waals surface area contributed by atoms with E-state index in [1.807, 2.05) is 18.2 Å². The first-order valence-corrected chi connectivity index (χ1v) is 12.4. The van der Waals surface area contributed by atoms with Gasteiger partial charge in [0.25, 0.3) is 5.91 Å². The Labute approximate surface area is 212 Å². The van der Waals surface area contributed by atoms with Crippen LogP contribution in [0.4, 0.5) is 4.39 Å². The number of benzene rings is 2. The van der Waals surface area contributed by atoms with E-state index in [4.69, 9.17) is 26.8 Å². The molecule has 0 aliphatic carbocycles.